The second-order valence-corrected chi connectivity index (χ2v) is 3.64. The number of ether oxygens (including phenoxy) is 2. The molecule has 0 radical (unpaired) electrons. The van der Waals surface area contributed by atoms with Gasteiger partial charge in [-0.25, -0.2) is 0 Å². The van der Waals surface area contributed by atoms with Crippen LogP contribution in [-0.2, 0) is 0 Å². The van der Waals surface area contributed by atoms with Gasteiger partial charge in [0, 0.05) is 6.92 Å². The summed E-state index contributed by atoms with van der Waals surface area (Å²) in [5.41, 5.74) is 0.194. The molecule has 0 heterocycles. The first-order valence-electron chi connectivity index (χ1n) is 7.85. The molecule has 1 aromatic rings. The van der Waals surface area contributed by atoms with Crippen molar-refractivity contribution in [2.45, 2.75) is 41.5 Å². The minimum atomic E-state index is -0.417. The van der Waals surface area contributed by atoms with Crippen LogP contribution in [0.2, 0.25) is 0 Å². The quantitative estimate of drug-likeness (QED) is 0.285. The Morgan fingerprint density at radius 1 is 1.12 bits per heavy atom. The smallest absolute Gasteiger partial charge is 0.238 e. The monoisotopic (exact) mass is 337 g/mol. The van der Waals surface area contributed by atoms with Crippen LogP contribution in [0.4, 0.5) is 0 Å². The number of hydrogen-bond donors (Lipinski definition) is 0. The van der Waals surface area contributed by atoms with E-state index in [1.165, 1.54) is 13.0 Å². The zero-order valence-electron chi connectivity index (χ0n) is 16.0. The molecule has 0 spiro atoms. The summed E-state index contributed by atoms with van der Waals surface area (Å²) in [6.45, 7) is 18.3. The van der Waals surface area contributed by atoms with Crippen molar-refractivity contribution in [2.75, 3.05) is 7.11 Å². The van der Waals surface area contributed by atoms with E-state index < -0.39 is 4.92 Å². The van der Waals surface area contributed by atoms with Crippen LogP contribution in [0.1, 0.15) is 41.5 Å². The molecule has 0 amide bonds. The van der Waals surface area contributed by atoms with E-state index in [0.717, 1.165) is 11.5 Å². The average molecular weight is 337 g/mol. The van der Waals surface area contributed by atoms with Gasteiger partial charge in [0.25, 0.3) is 0 Å². The molecule has 0 atom stereocenters. The van der Waals surface area contributed by atoms with Crippen molar-refractivity contribution in [3.63, 3.8) is 0 Å². The number of nitro groups is 1. The van der Waals surface area contributed by atoms with Crippen molar-refractivity contribution in [2.24, 2.45) is 0 Å². The van der Waals surface area contributed by atoms with E-state index in [1.807, 2.05) is 52.0 Å². The predicted octanol–water partition coefficient (Wildman–Crippen LogP) is 6.01. The Labute approximate surface area is 146 Å². The molecule has 0 saturated heterocycles. The maximum absolute atomic E-state index is 9.67. The molecule has 0 unspecified atom stereocenters. The van der Waals surface area contributed by atoms with E-state index >= 15 is 0 Å². The van der Waals surface area contributed by atoms with Gasteiger partial charge in [0.2, 0.25) is 5.70 Å². The van der Waals surface area contributed by atoms with Crippen LogP contribution < -0.4 is 9.47 Å². The molecule has 136 valence electrons. The van der Waals surface area contributed by atoms with E-state index in [2.05, 4.69) is 13.2 Å². The predicted molar refractivity (Wildman–Crippen MR) is 102 cm³/mol. The molecule has 0 aliphatic rings. The Kier molecular flexibility index (Phi) is 20.3. The average Bonchev–Trinajstić information content (AvgIpc) is 2.65. The van der Waals surface area contributed by atoms with Gasteiger partial charge < -0.3 is 9.47 Å². The third-order valence-electron chi connectivity index (χ3n) is 2.24. The number of methoxy groups -OCH3 is 1. The van der Waals surface area contributed by atoms with Gasteiger partial charge in [0.1, 0.15) is 17.3 Å². The SMILES string of the molecule is C/C=C(\C)[N+](=O)[O-].C=CC(=C)Oc1ccc(OC)cc1.CC.CC. The molecule has 0 aliphatic heterocycles. The molecule has 0 bridgehead atoms. The summed E-state index contributed by atoms with van der Waals surface area (Å²) in [4.78, 5) is 9.25. The fraction of sp³-hybridized carbons (Fsp3) is 0.368. The lowest BCUT2D eigenvalue weighted by atomic mass is 10.3. The Balaban J connectivity index is -0.000000341. The van der Waals surface area contributed by atoms with Crippen molar-refractivity contribution in [3.05, 3.63) is 71.1 Å². The molecular formula is C19H31NO4. The second-order valence-electron chi connectivity index (χ2n) is 3.64. The number of nitrogens with zero attached hydrogens (tertiary/aromatic N) is 1. The summed E-state index contributed by atoms with van der Waals surface area (Å²) in [5, 5.41) is 9.67. The van der Waals surface area contributed by atoms with Crippen molar-refractivity contribution in [3.8, 4) is 11.5 Å². The van der Waals surface area contributed by atoms with E-state index in [-0.39, 0.29) is 5.70 Å². The number of hydrogen-bond acceptors (Lipinski definition) is 4. The Hall–Kier alpha value is -2.56. The van der Waals surface area contributed by atoms with Crippen LogP contribution in [0.5, 0.6) is 11.5 Å². The lowest BCUT2D eigenvalue weighted by molar-refractivity contribution is -0.424. The fourth-order valence-electron chi connectivity index (χ4n) is 0.942. The summed E-state index contributed by atoms with van der Waals surface area (Å²) in [5.74, 6) is 2.06. The standard InChI is InChI=1S/C11H12O2.C4H7NO2.2C2H6/c1-4-9(2)13-11-7-5-10(12-3)6-8-11;1-3-4(2)5(6)7;2*1-2/h4-8H,1-2H2,3H3;3H,1-2H3;2*1-2H3/b;4-3+;;. The van der Waals surface area contributed by atoms with Gasteiger partial charge in [0.05, 0.1) is 12.0 Å². The van der Waals surface area contributed by atoms with Crippen molar-refractivity contribution < 1.29 is 14.4 Å². The topological polar surface area (TPSA) is 61.6 Å². The van der Waals surface area contributed by atoms with Gasteiger partial charge in [-0.15, -0.1) is 0 Å². The molecule has 24 heavy (non-hydrogen) atoms. The number of benzene rings is 1. The number of allylic oxidation sites excluding steroid dienone is 3. The zero-order chi connectivity index (χ0) is 19.5. The third-order valence-corrected chi connectivity index (χ3v) is 2.24. The highest BCUT2D eigenvalue weighted by atomic mass is 16.6. The molecule has 0 aromatic heterocycles. The lowest BCUT2D eigenvalue weighted by Gasteiger charge is -2.05. The molecular weight excluding hydrogens is 306 g/mol. The summed E-state index contributed by atoms with van der Waals surface area (Å²) in [6.07, 6.45) is 3.02. The second kappa shape index (κ2) is 18.5. The van der Waals surface area contributed by atoms with Gasteiger partial charge in [-0.2, -0.15) is 0 Å². The van der Waals surface area contributed by atoms with Crippen LogP contribution in [0.3, 0.4) is 0 Å². The Morgan fingerprint density at radius 2 is 1.54 bits per heavy atom. The van der Waals surface area contributed by atoms with Gasteiger partial charge in [0.15, 0.2) is 0 Å². The first-order chi connectivity index (χ1) is 11.4. The van der Waals surface area contributed by atoms with Crippen LogP contribution in [0.15, 0.2) is 61.0 Å². The van der Waals surface area contributed by atoms with E-state index in [0.29, 0.717) is 5.76 Å². The number of rotatable bonds is 5. The normalized spacial score (nSPS) is 8.71. The molecule has 0 N–H and O–H groups in total. The molecule has 1 aromatic carbocycles. The van der Waals surface area contributed by atoms with Gasteiger partial charge in [-0.05, 0) is 43.3 Å². The van der Waals surface area contributed by atoms with E-state index in [4.69, 9.17) is 9.47 Å². The zero-order valence-corrected chi connectivity index (χ0v) is 16.0. The van der Waals surface area contributed by atoms with Gasteiger partial charge >= 0.3 is 0 Å². The third kappa shape index (κ3) is 14.4. The Morgan fingerprint density at radius 3 is 1.79 bits per heavy atom. The highest BCUT2D eigenvalue weighted by Crippen LogP contribution is 2.18. The van der Waals surface area contributed by atoms with Crippen molar-refractivity contribution in [1.82, 2.24) is 0 Å². The summed E-state index contributed by atoms with van der Waals surface area (Å²) in [6, 6.07) is 7.28. The molecule has 0 fully saturated rings. The lowest BCUT2D eigenvalue weighted by Crippen LogP contribution is -1.91. The summed E-state index contributed by atoms with van der Waals surface area (Å²) >= 11 is 0. The minimum absolute atomic E-state index is 0.194. The summed E-state index contributed by atoms with van der Waals surface area (Å²) < 4.78 is 10.3. The highest BCUT2D eigenvalue weighted by molar-refractivity contribution is 5.32. The van der Waals surface area contributed by atoms with Crippen molar-refractivity contribution >= 4 is 0 Å². The van der Waals surface area contributed by atoms with Gasteiger partial charge in [-0.1, -0.05) is 40.9 Å². The maximum Gasteiger partial charge on any atom is 0.238 e. The Bertz CT molecular complexity index is 491. The van der Waals surface area contributed by atoms with Crippen LogP contribution in [0.25, 0.3) is 0 Å². The first-order valence-corrected chi connectivity index (χ1v) is 7.85. The largest absolute Gasteiger partial charge is 0.497 e. The van der Waals surface area contributed by atoms with Crippen molar-refractivity contribution in [1.29, 1.82) is 0 Å². The van der Waals surface area contributed by atoms with Crippen LogP contribution in [-0.4, -0.2) is 12.0 Å². The van der Waals surface area contributed by atoms with E-state index in [1.54, 1.807) is 20.1 Å². The van der Waals surface area contributed by atoms with E-state index in [9.17, 15) is 10.1 Å². The van der Waals surface area contributed by atoms with Crippen LogP contribution >= 0.6 is 0 Å². The first kappa shape index (κ1) is 26.3. The fourth-order valence-corrected chi connectivity index (χ4v) is 0.942. The molecule has 5 heteroatoms. The van der Waals surface area contributed by atoms with Gasteiger partial charge in [-0.3, -0.25) is 10.1 Å². The highest BCUT2D eigenvalue weighted by Gasteiger charge is 1.95. The van der Waals surface area contributed by atoms with Crippen LogP contribution in [0, 0.1) is 10.1 Å². The summed E-state index contributed by atoms with van der Waals surface area (Å²) in [7, 11) is 1.62. The maximum atomic E-state index is 9.67. The molecule has 0 aliphatic carbocycles. The minimum Gasteiger partial charge on any atom is -0.497 e. The molecule has 5 nitrogen and oxygen atoms in total. The molecule has 0 saturated carbocycles. The molecule has 1 rings (SSSR count).